The highest BCUT2D eigenvalue weighted by atomic mass is 16.7. The van der Waals surface area contributed by atoms with E-state index in [0.29, 0.717) is 0 Å². The van der Waals surface area contributed by atoms with Crippen molar-refractivity contribution in [2.45, 2.75) is 49.6 Å². The van der Waals surface area contributed by atoms with Crippen LogP contribution >= 0.6 is 0 Å². The molecule has 0 bridgehead atoms. The van der Waals surface area contributed by atoms with Crippen molar-refractivity contribution < 1.29 is 49.8 Å². The molecule has 144 valence electrons. The van der Waals surface area contributed by atoms with E-state index < -0.39 is 73.6 Å². The molecule has 1 aliphatic heterocycles. The van der Waals surface area contributed by atoms with Crippen LogP contribution in [-0.2, 0) is 19.1 Å². The summed E-state index contributed by atoms with van der Waals surface area (Å²) in [6.45, 7) is -0.217. The number of aliphatic hydroxyl groups excluding tert-OH is 4. The van der Waals surface area contributed by atoms with Crippen LogP contribution in [0, 0.1) is 0 Å². The number of nitrogens with one attached hydrogen (secondary N) is 2. The van der Waals surface area contributed by atoms with Gasteiger partial charge in [-0.25, -0.2) is 4.79 Å². The predicted molar refractivity (Wildman–Crippen MR) is 77.8 cm³/mol. The lowest BCUT2D eigenvalue weighted by atomic mass is 9.88. The Bertz CT molecular complexity index is 515. The molecule has 0 aromatic heterocycles. The minimum atomic E-state index is -2.86. The van der Waals surface area contributed by atoms with E-state index in [-0.39, 0.29) is 0 Å². The molecule has 2 amide bonds. The van der Waals surface area contributed by atoms with Crippen LogP contribution in [0.2, 0.25) is 0 Å². The van der Waals surface area contributed by atoms with Crippen molar-refractivity contribution in [1.82, 2.24) is 10.6 Å². The molecule has 12 heteroatoms. The average Bonchev–Trinajstić information content (AvgIpc) is 2.53. The molecule has 1 fully saturated rings. The fraction of sp³-hybridized carbons (Fsp3) is 0.769. The van der Waals surface area contributed by atoms with E-state index in [1.54, 1.807) is 0 Å². The molecule has 2 unspecified atom stereocenters. The van der Waals surface area contributed by atoms with Gasteiger partial charge in [-0.05, 0) is 0 Å². The number of hydrogen-bond donors (Lipinski definition) is 8. The summed E-state index contributed by atoms with van der Waals surface area (Å²) in [6, 6.07) is -1.42. The Morgan fingerprint density at radius 2 is 1.92 bits per heavy atom. The maximum Gasteiger partial charge on any atom is 0.364 e. The molecule has 0 aliphatic carbocycles. The van der Waals surface area contributed by atoms with Crippen LogP contribution in [0.15, 0.2) is 0 Å². The Labute approximate surface area is 142 Å². The quantitative estimate of drug-likeness (QED) is 0.216. The number of rotatable bonds is 7. The maximum atomic E-state index is 11.8. The Morgan fingerprint density at radius 3 is 2.40 bits per heavy atom. The number of aliphatic carboxylic acids is 1. The average molecular weight is 366 g/mol. The second-order valence-corrected chi connectivity index (χ2v) is 5.69. The SMILES string of the molecule is CC(=O)NCC(=O)N[C@H]1C([C@H](O)[C@H](O)CO)OC(O)(C(=O)O)C[C@@H]1O. The Kier molecular flexibility index (Phi) is 7.22. The molecule has 0 radical (unpaired) electrons. The summed E-state index contributed by atoms with van der Waals surface area (Å²) in [7, 11) is 0. The second kappa shape index (κ2) is 8.51. The summed E-state index contributed by atoms with van der Waals surface area (Å²) < 4.78 is 4.90. The van der Waals surface area contributed by atoms with Gasteiger partial charge in [-0.3, -0.25) is 9.59 Å². The van der Waals surface area contributed by atoms with Crippen molar-refractivity contribution in [3.05, 3.63) is 0 Å². The minimum Gasteiger partial charge on any atom is -0.477 e. The number of carboxylic acid groups (broad SMARTS) is 1. The number of carbonyl (C=O) groups is 3. The summed E-state index contributed by atoms with van der Waals surface area (Å²) in [5.74, 6) is -5.99. The third kappa shape index (κ3) is 5.32. The summed E-state index contributed by atoms with van der Waals surface area (Å²) >= 11 is 0. The first kappa shape index (κ1) is 21.2. The van der Waals surface area contributed by atoms with Crippen molar-refractivity contribution in [2.75, 3.05) is 13.2 Å². The molecule has 6 atom stereocenters. The summed E-state index contributed by atoms with van der Waals surface area (Å²) in [6.07, 6.45) is -7.97. The van der Waals surface area contributed by atoms with Crippen LogP contribution in [0.25, 0.3) is 0 Å². The molecule has 0 aromatic rings. The van der Waals surface area contributed by atoms with E-state index in [1.807, 2.05) is 0 Å². The zero-order valence-corrected chi connectivity index (χ0v) is 13.3. The lowest BCUT2D eigenvalue weighted by Crippen LogP contribution is -2.67. The third-order valence-electron chi connectivity index (χ3n) is 3.66. The highest BCUT2D eigenvalue weighted by Gasteiger charge is 2.53. The molecular formula is C13H22N2O10. The Hall–Kier alpha value is -1.83. The standard InChI is InChI=1S/C13H22N2O10/c1-5(17)14-3-8(20)15-9-6(18)2-13(24,12(22)23)25-11(9)10(21)7(19)4-16/h6-7,9-11,16,18-19,21,24H,2-4H2,1H3,(H,14,17)(H,15,20)(H,22,23)/t6-,7+,9+,10+,11?,13?/m0/s1. The lowest BCUT2D eigenvalue weighted by Gasteiger charge is -2.44. The predicted octanol–water partition coefficient (Wildman–Crippen LogP) is -4.76. The van der Waals surface area contributed by atoms with Gasteiger partial charge in [-0.2, -0.15) is 0 Å². The van der Waals surface area contributed by atoms with E-state index in [0.717, 1.165) is 0 Å². The molecule has 1 aliphatic rings. The molecule has 1 heterocycles. The Morgan fingerprint density at radius 1 is 1.32 bits per heavy atom. The summed E-state index contributed by atoms with van der Waals surface area (Å²) in [4.78, 5) is 33.7. The minimum absolute atomic E-state index is 0.465. The molecule has 1 saturated heterocycles. The normalized spacial score (nSPS) is 31.7. The van der Waals surface area contributed by atoms with Crippen LogP contribution in [0.3, 0.4) is 0 Å². The van der Waals surface area contributed by atoms with E-state index in [9.17, 15) is 34.8 Å². The van der Waals surface area contributed by atoms with Gasteiger partial charge in [0.15, 0.2) is 0 Å². The molecule has 0 saturated carbocycles. The largest absolute Gasteiger partial charge is 0.477 e. The smallest absolute Gasteiger partial charge is 0.364 e. The van der Waals surface area contributed by atoms with Gasteiger partial charge in [0.1, 0.15) is 18.3 Å². The van der Waals surface area contributed by atoms with Gasteiger partial charge in [0.05, 0.1) is 25.3 Å². The Balaban J connectivity index is 2.99. The van der Waals surface area contributed by atoms with Crippen molar-refractivity contribution in [3.63, 3.8) is 0 Å². The van der Waals surface area contributed by atoms with Crippen LogP contribution in [-0.4, -0.2) is 97.8 Å². The number of hydrogen-bond acceptors (Lipinski definition) is 9. The van der Waals surface area contributed by atoms with Gasteiger partial charge in [0, 0.05) is 13.3 Å². The molecule has 25 heavy (non-hydrogen) atoms. The van der Waals surface area contributed by atoms with Gasteiger partial charge < -0.3 is 46.0 Å². The van der Waals surface area contributed by atoms with Crippen molar-refractivity contribution >= 4 is 17.8 Å². The molecule has 1 rings (SSSR count). The van der Waals surface area contributed by atoms with Gasteiger partial charge in [-0.1, -0.05) is 0 Å². The van der Waals surface area contributed by atoms with E-state index in [2.05, 4.69) is 10.6 Å². The third-order valence-corrected chi connectivity index (χ3v) is 3.66. The first-order valence-electron chi connectivity index (χ1n) is 7.34. The van der Waals surface area contributed by atoms with Gasteiger partial charge in [0.2, 0.25) is 11.8 Å². The molecule has 12 nitrogen and oxygen atoms in total. The fourth-order valence-electron chi connectivity index (χ4n) is 2.34. The van der Waals surface area contributed by atoms with Crippen LogP contribution < -0.4 is 10.6 Å². The van der Waals surface area contributed by atoms with Gasteiger partial charge in [-0.15, -0.1) is 0 Å². The highest BCUT2D eigenvalue weighted by molar-refractivity contribution is 5.84. The second-order valence-electron chi connectivity index (χ2n) is 5.69. The fourth-order valence-corrected chi connectivity index (χ4v) is 2.34. The first-order chi connectivity index (χ1) is 11.5. The van der Waals surface area contributed by atoms with Crippen molar-refractivity contribution in [2.24, 2.45) is 0 Å². The lowest BCUT2D eigenvalue weighted by molar-refractivity contribution is -0.295. The van der Waals surface area contributed by atoms with Gasteiger partial charge in [0.25, 0.3) is 5.79 Å². The zero-order valence-electron chi connectivity index (χ0n) is 13.3. The summed E-state index contributed by atoms with van der Waals surface area (Å²) in [5.41, 5.74) is 0. The van der Waals surface area contributed by atoms with Crippen LogP contribution in [0.4, 0.5) is 0 Å². The highest BCUT2D eigenvalue weighted by Crippen LogP contribution is 2.30. The number of amides is 2. The molecule has 0 aromatic carbocycles. The number of carbonyl (C=O) groups excluding carboxylic acids is 2. The maximum absolute atomic E-state index is 11.8. The van der Waals surface area contributed by atoms with Crippen LogP contribution in [0.5, 0.6) is 0 Å². The summed E-state index contributed by atoms with van der Waals surface area (Å²) in [5, 5.41) is 61.9. The van der Waals surface area contributed by atoms with E-state index >= 15 is 0 Å². The van der Waals surface area contributed by atoms with Crippen LogP contribution in [0.1, 0.15) is 13.3 Å². The van der Waals surface area contributed by atoms with E-state index in [1.165, 1.54) is 6.92 Å². The number of carboxylic acids is 1. The van der Waals surface area contributed by atoms with Crippen molar-refractivity contribution in [3.8, 4) is 0 Å². The first-order valence-corrected chi connectivity index (χ1v) is 7.34. The van der Waals surface area contributed by atoms with Crippen molar-refractivity contribution in [1.29, 1.82) is 0 Å². The number of ether oxygens (including phenoxy) is 1. The number of aliphatic hydroxyl groups is 5. The zero-order chi connectivity index (χ0) is 19.4. The molecule has 0 spiro atoms. The molecular weight excluding hydrogens is 344 g/mol. The topological polar surface area (TPSA) is 206 Å². The van der Waals surface area contributed by atoms with Gasteiger partial charge >= 0.3 is 5.97 Å². The molecule has 8 N–H and O–H groups in total. The van der Waals surface area contributed by atoms with E-state index in [4.69, 9.17) is 14.9 Å². The monoisotopic (exact) mass is 366 g/mol.